The summed E-state index contributed by atoms with van der Waals surface area (Å²) in [7, 11) is -4.17. The highest BCUT2D eigenvalue weighted by atomic mass is 35.5. The lowest BCUT2D eigenvalue weighted by Gasteiger charge is -2.24. The maximum atomic E-state index is 14.4. The van der Waals surface area contributed by atoms with Gasteiger partial charge in [0.05, 0.1) is 10.6 Å². The minimum atomic E-state index is -4.17. The number of carbonyl (C=O) groups is 1. The van der Waals surface area contributed by atoms with Gasteiger partial charge in [0, 0.05) is 11.6 Å². The highest BCUT2D eigenvalue weighted by Crippen LogP contribution is 2.26. The first-order chi connectivity index (χ1) is 14.3. The Bertz CT molecular complexity index is 1150. The van der Waals surface area contributed by atoms with Crippen molar-refractivity contribution in [2.75, 3.05) is 10.8 Å². The van der Waals surface area contributed by atoms with Crippen LogP contribution < -0.4 is 9.62 Å². The summed E-state index contributed by atoms with van der Waals surface area (Å²) in [6.07, 6.45) is 0. The summed E-state index contributed by atoms with van der Waals surface area (Å²) < 4.78 is 41.7. The van der Waals surface area contributed by atoms with Gasteiger partial charge in [-0.05, 0) is 42.8 Å². The van der Waals surface area contributed by atoms with Gasteiger partial charge in [-0.1, -0.05) is 59.6 Å². The summed E-state index contributed by atoms with van der Waals surface area (Å²) in [6.45, 7) is 1.36. The van der Waals surface area contributed by atoms with Gasteiger partial charge in [-0.3, -0.25) is 9.10 Å². The summed E-state index contributed by atoms with van der Waals surface area (Å²) in [5.41, 5.74) is 1.36. The van der Waals surface area contributed by atoms with Gasteiger partial charge in [-0.25, -0.2) is 12.8 Å². The Hall–Kier alpha value is -2.90. The van der Waals surface area contributed by atoms with Crippen molar-refractivity contribution in [1.82, 2.24) is 5.32 Å². The molecule has 3 aromatic rings. The molecule has 0 unspecified atom stereocenters. The molecule has 8 heteroatoms. The number of sulfonamides is 1. The number of para-hydroxylation sites is 1. The molecule has 30 heavy (non-hydrogen) atoms. The van der Waals surface area contributed by atoms with Crippen LogP contribution in [0.25, 0.3) is 0 Å². The molecule has 0 saturated heterocycles. The molecule has 1 amide bonds. The molecular formula is C22H20ClFN2O3S. The molecule has 0 aliphatic carbocycles. The molecular weight excluding hydrogens is 427 g/mol. The molecule has 5 nitrogen and oxygen atoms in total. The minimum Gasteiger partial charge on any atom is -0.350 e. The van der Waals surface area contributed by atoms with Crippen LogP contribution in [0.5, 0.6) is 0 Å². The van der Waals surface area contributed by atoms with E-state index in [2.05, 4.69) is 5.32 Å². The maximum Gasteiger partial charge on any atom is 0.264 e. The van der Waals surface area contributed by atoms with Gasteiger partial charge in [0.2, 0.25) is 5.91 Å². The Morgan fingerprint density at radius 1 is 1.00 bits per heavy atom. The van der Waals surface area contributed by atoms with E-state index in [1.54, 1.807) is 36.4 Å². The SMILES string of the molecule is Cc1ccc(S(=O)(=O)N(CC(=O)NCc2ccccc2Cl)c2ccccc2F)cc1. The van der Waals surface area contributed by atoms with Crippen molar-refractivity contribution >= 4 is 33.2 Å². The van der Waals surface area contributed by atoms with E-state index < -0.39 is 28.3 Å². The fraction of sp³-hybridized carbons (Fsp3) is 0.136. The Morgan fingerprint density at radius 3 is 2.30 bits per heavy atom. The van der Waals surface area contributed by atoms with Crippen LogP contribution in [0.1, 0.15) is 11.1 Å². The Labute approximate surface area is 180 Å². The number of carbonyl (C=O) groups excluding carboxylic acids is 1. The first kappa shape index (κ1) is 21.8. The predicted octanol–water partition coefficient (Wildman–Crippen LogP) is 4.30. The molecule has 0 radical (unpaired) electrons. The minimum absolute atomic E-state index is 0.0322. The molecule has 0 bridgehead atoms. The van der Waals surface area contributed by atoms with E-state index in [4.69, 9.17) is 11.6 Å². The number of aryl methyl sites for hydroxylation is 1. The summed E-state index contributed by atoms with van der Waals surface area (Å²) in [4.78, 5) is 12.5. The van der Waals surface area contributed by atoms with Crippen molar-refractivity contribution in [1.29, 1.82) is 0 Å². The highest BCUT2D eigenvalue weighted by molar-refractivity contribution is 7.92. The predicted molar refractivity (Wildman–Crippen MR) is 115 cm³/mol. The number of amides is 1. The average Bonchev–Trinajstić information content (AvgIpc) is 2.72. The van der Waals surface area contributed by atoms with E-state index >= 15 is 0 Å². The Balaban J connectivity index is 1.88. The summed E-state index contributed by atoms with van der Waals surface area (Å²) in [5, 5.41) is 3.12. The van der Waals surface area contributed by atoms with Crippen LogP contribution in [-0.4, -0.2) is 20.9 Å². The number of anilines is 1. The van der Waals surface area contributed by atoms with Gasteiger partial charge in [-0.2, -0.15) is 0 Å². The van der Waals surface area contributed by atoms with Crippen molar-refractivity contribution in [3.63, 3.8) is 0 Å². The average molecular weight is 447 g/mol. The fourth-order valence-corrected chi connectivity index (χ4v) is 4.44. The summed E-state index contributed by atoms with van der Waals surface area (Å²) in [5.74, 6) is -1.33. The molecule has 3 aromatic carbocycles. The van der Waals surface area contributed by atoms with E-state index in [0.29, 0.717) is 10.6 Å². The molecule has 0 atom stereocenters. The standard InChI is InChI=1S/C22H20ClFN2O3S/c1-16-10-12-18(13-11-16)30(28,29)26(21-9-5-4-8-20(21)24)15-22(27)25-14-17-6-2-3-7-19(17)23/h2-13H,14-15H2,1H3,(H,25,27). The first-order valence-electron chi connectivity index (χ1n) is 9.13. The fourth-order valence-electron chi connectivity index (χ4n) is 2.81. The number of nitrogens with one attached hydrogen (secondary N) is 1. The molecule has 0 aliphatic rings. The summed E-state index contributed by atoms with van der Waals surface area (Å²) >= 11 is 6.09. The van der Waals surface area contributed by atoms with Gasteiger partial charge in [0.1, 0.15) is 12.4 Å². The Kier molecular flexibility index (Phi) is 6.74. The summed E-state index contributed by atoms with van der Waals surface area (Å²) in [6, 6.07) is 18.6. The second kappa shape index (κ2) is 9.28. The maximum absolute atomic E-state index is 14.4. The second-order valence-electron chi connectivity index (χ2n) is 6.64. The van der Waals surface area contributed by atoms with Crippen LogP contribution in [0.3, 0.4) is 0 Å². The Morgan fingerprint density at radius 2 is 1.63 bits per heavy atom. The largest absolute Gasteiger partial charge is 0.350 e. The van der Waals surface area contributed by atoms with E-state index in [1.807, 2.05) is 6.92 Å². The van der Waals surface area contributed by atoms with Gasteiger partial charge in [-0.15, -0.1) is 0 Å². The third-order valence-corrected chi connectivity index (χ3v) is 6.59. The molecule has 0 spiro atoms. The van der Waals surface area contributed by atoms with Crippen LogP contribution in [0, 0.1) is 12.7 Å². The number of hydrogen-bond acceptors (Lipinski definition) is 3. The smallest absolute Gasteiger partial charge is 0.264 e. The zero-order valence-electron chi connectivity index (χ0n) is 16.2. The molecule has 1 N–H and O–H groups in total. The van der Waals surface area contributed by atoms with Crippen LogP contribution >= 0.6 is 11.6 Å². The molecule has 3 rings (SSSR count). The van der Waals surface area contributed by atoms with E-state index in [0.717, 1.165) is 15.9 Å². The first-order valence-corrected chi connectivity index (χ1v) is 10.9. The third kappa shape index (κ3) is 4.98. The van der Waals surface area contributed by atoms with E-state index in [9.17, 15) is 17.6 Å². The normalized spacial score (nSPS) is 11.2. The number of nitrogens with zero attached hydrogens (tertiary/aromatic N) is 1. The van der Waals surface area contributed by atoms with Crippen LogP contribution in [-0.2, 0) is 21.4 Å². The zero-order chi connectivity index (χ0) is 21.7. The lowest BCUT2D eigenvalue weighted by Crippen LogP contribution is -2.41. The quantitative estimate of drug-likeness (QED) is 0.588. The van der Waals surface area contributed by atoms with E-state index in [-0.39, 0.29) is 17.1 Å². The number of benzene rings is 3. The third-order valence-electron chi connectivity index (χ3n) is 4.45. The van der Waals surface area contributed by atoms with Crippen LogP contribution in [0.15, 0.2) is 77.7 Å². The second-order valence-corrected chi connectivity index (χ2v) is 8.91. The van der Waals surface area contributed by atoms with E-state index in [1.165, 1.54) is 30.3 Å². The van der Waals surface area contributed by atoms with Gasteiger partial charge >= 0.3 is 0 Å². The molecule has 156 valence electrons. The van der Waals surface area contributed by atoms with Crippen LogP contribution in [0.4, 0.5) is 10.1 Å². The lowest BCUT2D eigenvalue weighted by atomic mass is 10.2. The topological polar surface area (TPSA) is 66.5 Å². The molecule has 0 saturated carbocycles. The van der Waals surface area contributed by atoms with Crippen molar-refractivity contribution in [2.24, 2.45) is 0 Å². The van der Waals surface area contributed by atoms with Gasteiger partial charge in [0.25, 0.3) is 10.0 Å². The number of hydrogen-bond donors (Lipinski definition) is 1. The van der Waals surface area contributed by atoms with Crippen molar-refractivity contribution < 1.29 is 17.6 Å². The van der Waals surface area contributed by atoms with Crippen molar-refractivity contribution in [3.8, 4) is 0 Å². The lowest BCUT2D eigenvalue weighted by molar-refractivity contribution is -0.119. The van der Waals surface area contributed by atoms with Crippen molar-refractivity contribution in [3.05, 3.63) is 94.8 Å². The molecule has 0 aromatic heterocycles. The van der Waals surface area contributed by atoms with Crippen LogP contribution in [0.2, 0.25) is 5.02 Å². The molecule has 0 fully saturated rings. The monoisotopic (exact) mass is 446 g/mol. The molecule has 0 aliphatic heterocycles. The number of halogens is 2. The molecule has 0 heterocycles. The highest BCUT2D eigenvalue weighted by Gasteiger charge is 2.29. The zero-order valence-corrected chi connectivity index (χ0v) is 17.8. The van der Waals surface area contributed by atoms with Gasteiger partial charge in [0.15, 0.2) is 0 Å². The van der Waals surface area contributed by atoms with Crippen molar-refractivity contribution in [2.45, 2.75) is 18.4 Å². The van der Waals surface area contributed by atoms with Gasteiger partial charge < -0.3 is 5.32 Å². The number of rotatable bonds is 7.